The highest BCUT2D eigenvalue weighted by atomic mass is 32.1. The van der Waals surface area contributed by atoms with Crippen molar-refractivity contribution in [1.82, 2.24) is 9.36 Å². The highest BCUT2D eigenvalue weighted by Gasteiger charge is 2.20. The van der Waals surface area contributed by atoms with Crippen LogP contribution in [-0.4, -0.2) is 25.4 Å². The van der Waals surface area contributed by atoms with Crippen molar-refractivity contribution in [2.45, 2.75) is 19.8 Å². The van der Waals surface area contributed by atoms with Gasteiger partial charge < -0.3 is 9.84 Å². The molecule has 2 rings (SSSR count). The van der Waals surface area contributed by atoms with Crippen LogP contribution in [0, 0.1) is 10.1 Å². The zero-order chi connectivity index (χ0) is 15.6. The van der Waals surface area contributed by atoms with Gasteiger partial charge in [0.15, 0.2) is 0 Å². The molecule has 0 radical (unpaired) electrons. The summed E-state index contributed by atoms with van der Waals surface area (Å²) in [5.74, 6) is -0.716. The fourth-order valence-electron chi connectivity index (χ4n) is 1.47. The molecule has 8 nitrogen and oxygen atoms in total. The van der Waals surface area contributed by atoms with Crippen LogP contribution in [0.4, 0.5) is 5.69 Å². The molecule has 9 heteroatoms. The second-order valence-corrected chi connectivity index (χ2v) is 5.13. The highest BCUT2D eigenvalue weighted by Crippen LogP contribution is 2.33. The van der Waals surface area contributed by atoms with Crippen molar-refractivity contribution in [2.75, 3.05) is 0 Å². The van der Waals surface area contributed by atoms with Gasteiger partial charge in [0.1, 0.15) is 5.82 Å². The predicted octanol–water partition coefficient (Wildman–Crippen LogP) is 3.06. The molecule has 0 amide bonds. The number of nitro groups is 1. The molecule has 110 valence electrons. The first-order valence-corrected chi connectivity index (χ1v) is 6.69. The lowest BCUT2D eigenvalue weighted by atomic mass is 10.2. The smallest absolute Gasteiger partial charge is 0.335 e. The number of nitrogens with zero attached hydrogens (tertiary/aromatic N) is 3. The Kier molecular flexibility index (Phi) is 4.13. The Morgan fingerprint density at radius 2 is 2.19 bits per heavy atom. The topological polar surface area (TPSA) is 115 Å². The van der Waals surface area contributed by atoms with Gasteiger partial charge in [-0.05, 0) is 6.07 Å². The first-order valence-electron chi connectivity index (χ1n) is 5.91. The number of hydrogen-bond acceptors (Lipinski definition) is 7. The van der Waals surface area contributed by atoms with Crippen molar-refractivity contribution in [3.8, 4) is 10.9 Å². The molecule has 2 aromatic rings. The van der Waals surface area contributed by atoms with E-state index in [1.54, 1.807) is 0 Å². The average Bonchev–Trinajstić information content (AvgIpc) is 2.87. The monoisotopic (exact) mass is 309 g/mol. The van der Waals surface area contributed by atoms with E-state index in [2.05, 4.69) is 9.36 Å². The number of rotatable bonds is 5. The Morgan fingerprint density at radius 3 is 2.71 bits per heavy atom. The van der Waals surface area contributed by atoms with Crippen LogP contribution in [0.5, 0.6) is 10.9 Å². The quantitative estimate of drug-likeness (QED) is 0.666. The summed E-state index contributed by atoms with van der Waals surface area (Å²) in [6.45, 7) is 3.80. The van der Waals surface area contributed by atoms with Gasteiger partial charge in [-0.15, -0.1) is 0 Å². The van der Waals surface area contributed by atoms with Gasteiger partial charge in [0, 0.05) is 29.6 Å². The van der Waals surface area contributed by atoms with Gasteiger partial charge in [-0.1, -0.05) is 13.8 Å². The van der Waals surface area contributed by atoms with Crippen LogP contribution in [0.25, 0.3) is 0 Å². The minimum absolute atomic E-state index is 0.0962. The lowest BCUT2D eigenvalue weighted by Crippen LogP contribution is -1.99. The van der Waals surface area contributed by atoms with Crippen molar-refractivity contribution in [2.24, 2.45) is 0 Å². The fourth-order valence-corrected chi connectivity index (χ4v) is 2.15. The third kappa shape index (κ3) is 3.31. The van der Waals surface area contributed by atoms with Gasteiger partial charge in [0.2, 0.25) is 5.75 Å². The van der Waals surface area contributed by atoms with Crippen LogP contribution in [0.15, 0.2) is 18.2 Å². The molecular formula is C12H11N3O5S. The zero-order valence-electron chi connectivity index (χ0n) is 11.1. The molecule has 0 saturated heterocycles. The van der Waals surface area contributed by atoms with E-state index in [4.69, 9.17) is 9.84 Å². The lowest BCUT2D eigenvalue weighted by molar-refractivity contribution is -0.385. The van der Waals surface area contributed by atoms with Crippen molar-refractivity contribution in [3.63, 3.8) is 0 Å². The summed E-state index contributed by atoms with van der Waals surface area (Å²) in [4.78, 5) is 25.3. The molecule has 1 N–H and O–H groups in total. The van der Waals surface area contributed by atoms with E-state index in [-0.39, 0.29) is 28.1 Å². The largest absolute Gasteiger partial charge is 0.478 e. The molecule has 0 atom stereocenters. The van der Waals surface area contributed by atoms with E-state index in [9.17, 15) is 14.9 Å². The van der Waals surface area contributed by atoms with Crippen molar-refractivity contribution >= 4 is 23.2 Å². The van der Waals surface area contributed by atoms with Crippen molar-refractivity contribution in [1.29, 1.82) is 0 Å². The molecule has 1 heterocycles. The molecule has 0 unspecified atom stereocenters. The molecule has 0 spiro atoms. The maximum atomic E-state index is 11.0. The van der Waals surface area contributed by atoms with E-state index in [1.165, 1.54) is 0 Å². The number of benzene rings is 1. The molecule has 1 aromatic heterocycles. The summed E-state index contributed by atoms with van der Waals surface area (Å²) < 4.78 is 9.40. The van der Waals surface area contributed by atoms with E-state index in [0.29, 0.717) is 5.82 Å². The van der Waals surface area contributed by atoms with Crippen molar-refractivity contribution < 1.29 is 19.6 Å². The van der Waals surface area contributed by atoms with Crippen LogP contribution >= 0.6 is 11.5 Å². The zero-order valence-corrected chi connectivity index (χ0v) is 12.0. The van der Waals surface area contributed by atoms with Gasteiger partial charge in [-0.3, -0.25) is 10.1 Å². The molecule has 0 aliphatic rings. The lowest BCUT2D eigenvalue weighted by Gasteiger charge is -2.03. The number of hydrogen-bond donors (Lipinski definition) is 1. The average molecular weight is 309 g/mol. The molecule has 21 heavy (non-hydrogen) atoms. The van der Waals surface area contributed by atoms with Crippen LogP contribution in [0.3, 0.4) is 0 Å². The third-order valence-electron chi connectivity index (χ3n) is 2.54. The number of carbonyl (C=O) groups is 1. The standard InChI is InChI=1S/C12H11N3O5S/c1-6(2)10-13-12(21-14-10)20-9-5-7(11(16)17)3-4-8(9)15(18)19/h3-6H,1-2H3,(H,16,17). The number of nitro benzene ring substituents is 1. The van der Waals surface area contributed by atoms with Gasteiger partial charge in [-0.25, -0.2) is 4.79 Å². The normalized spacial score (nSPS) is 10.6. The predicted molar refractivity (Wildman–Crippen MR) is 74.1 cm³/mol. The molecule has 0 aliphatic heterocycles. The van der Waals surface area contributed by atoms with Crippen LogP contribution in [-0.2, 0) is 0 Å². The van der Waals surface area contributed by atoms with Crippen molar-refractivity contribution in [3.05, 3.63) is 39.7 Å². The van der Waals surface area contributed by atoms with Gasteiger partial charge in [0.25, 0.3) is 5.19 Å². The molecular weight excluding hydrogens is 298 g/mol. The summed E-state index contributed by atoms with van der Waals surface area (Å²) in [5, 5.41) is 20.0. The number of aromatic carboxylic acids is 1. The first-order chi connectivity index (χ1) is 9.88. The van der Waals surface area contributed by atoms with Gasteiger partial charge in [0.05, 0.1) is 10.5 Å². The molecule has 0 aliphatic carbocycles. The van der Waals surface area contributed by atoms with Crippen LogP contribution < -0.4 is 4.74 Å². The maximum Gasteiger partial charge on any atom is 0.335 e. The van der Waals surface area contributed by atoms with Crippen LogP contribution in [0.1, 0.15) is 35.9 Å². The summed E-state index contributed by atoms with van der Waals surface area (Å²) in [7, 11) is 0. The molecule has 1 aromatic carbocycles. The third-order valence-corrected chi connectivity index (χ3v) is 3.15. The van der Waals surface area contributed by atoms with Gasteiger partial charge in [-0.2, -0.15) is 9.36 Å². The second-order valence-electron chi connectivity index (χ2n) is 4.42. The van der Waals surface area contributed by atoms with E-state index < -0.39 is 10.9 Å². The fraction of sp³-hybridized carbons (Fsp3) is 0.250. The Labute approximate surface area is 123 Å². The number of ether oxygens (including phenoxy) is 1. The Balaban J connectivity index is 2.38. The Bertz CT molecular complexity index is 698. The van der Waals surface area contributed by atoms with E-state index in [1.807, 2.05) is 13.8 Å². The van der Waals surface area contributed by atoms with Gasteiger partial charge >= 0.3 is 11.7 Å². The number of aromatic nitrogens is 2. The molecule has 0 saturated carbocycles. The minimum atomic E-state index is -1.20. The summed E-state index contributed by atoms with van der Waals surface area (Å²) >= 11 is 0.954. The SMILES string of the molecule is CC(C)c1nsc(Oc2cc(C(=O)O)ccc2[N+](=O)[O-])n1. The molecule has 0 fully saturated rings. The van der Waals surface area contributed by atoms with E-state index in [0.717, 1.165) is 29.7 Å². The number of carboxylic acids is 1. The Hall–Kier alpha value is -2.55. The Morgan fingerprint density at radius 1 is 1.48 bits per heavy atom. The second kappa shape index (κ2) is 5.83. The molecule has 0 bridgehead atoms. The summed E-state index contributed by atoms with van der Waals surface area (Å²) in [6, 6.07) is 3.33. The first kappa shape index (κ1) is 14.9. The summed E-state index contributed by atoms with van der Waals surface area (Å²) in [5.41, 5.74) is -0.439. The maximum absolute atomic E-state index is 11.0. The number of carboxylic acid groups (broad SMARTS) is 1. The summed E-state index contributed by atoms with van der Waals surface area (Å²) in [6.07, 6.45) is 0. The van der Waals surface area contributed by atoms with Crippen LogP contribution in [0.2, 0.25) is 0 Å². The van der Waals surface area contributed by atoms with E-state index >= 15 is 0 Å². The minimum Gasteiger partial charge on any atom is -0.478 e. The highest BCUT2D eigenvalue weighted by molar-refractivity contribution is 7.07.